The maximum absolute atomic E-state index is 12.5. The van der Waals surface area contributed by atoms with Crippen LogP contribution >= 0.6 is 22.7 Å². The molecule has 1 aliphatic heterocycles. The van der Waals surface area contributed by atoms with Crippen LogP contribution in [0.1, 0.15) is 40.2 Å². The van der Waals surface area contributed by atoms with E-state index in [0.717, 1.165) is 51.3 Å². The molecule has 1 amide bonds. The molecule has 0 aliphatic carbocycles. The Labute approximate surface area is 161 Å². The molecule has 7 heteroatoms. The van der Waals surface area contributed by atoms with Crippen LogP contribution in [0.5, 0.6) is 0 Å². The number of hydrogen-bond donors (Lipinski definition) is 2. The number of hydrogen-bond acceptors (Lipinski definition) is 6. The second-order valence-corrected chi connectivity index (χ2v) is 8.38. The smallest absolute Gasteiger partial charge is 0.261 e. The first kappa shape index (κ1) is 17.5. The van der Waals surface area contributed by atoms with E-state index in [0.29, 0.717) is 6.54 Å². The molecule has 0 saturated heterocycles. The zero-order valence-electron chi connectivity index (χ0n) is 15.0. The van der Waals surface area contributed by atoms with E-state index in [1.807, 2.05) is 6.07 Å². The minimum atomic E-state index is -0.0248. The van der Waals surface area contributed by atoms with Gasteiger partial charge in [0.05, 0.1) is 9.58 Å². The topological polar surface area (TPSA) is 57.3 Å². The molecule has 4 rings (SSSR count). The van der Waals surface area contributed by atoms with Crippen LogP contribution in [-0.2, 0) is 19.6 Å². The van der Waals surface area contributed by atoms with Crippen molar-refractivity contribution in [3.63, 3.8) is 0 Å². The first-order valence-corrected chi connectivity index (χ1v) is 10.6. The molecule has 0 bridgehead atoms. The van der Waals surface area contributed by atoms with Gasteiger partial charge in [-0.2, -0.15) is 0 Å². The Morgan fingerprint density at radius 2 is 2.00 bits per heavy atom. The van der Waals surface area contributed by atoms with Crippen LogP contribution in [0.3, 0.4) is 0 Å². The largest absolute Gasteiger partial charge is 0.349 e. The third-order valence-electron chi connectivity index (χ3n) is 4.69. The number of fused-ring (bicyclic) bond motifs is 2. The molecule has 1 aliphatic rings. The Morgan fingerprint density at radius 3 is 2.77 bits per heavy atom. The molecule has 1 aromatic carbocycles. The standard InChI is InChI=1S/C19H22N4OS2/c1-3-23(4-2)19-22-18-16(26-19)8-15(25-18)17(24)21-9-12-5-6-13-10-20-11-14(13)7-12/h5-8,20H,3-4,9-11H2,1-2H3,(H,21,24). The van der Waals surface area contributed by atoms with Crippen LogP contribution in [0.2, 0.25) is 0 Å². The minimum Gasteiger partial charge on any atom is -0.349 e. The van der Waals surface area contributed by atoms with Crippen LogP contribution in [0, 0.1) is 0 Å². The normalized spacial score (nSPS) is 13.2. The SMILES string of the molecule is CCN(CC)c1nc2sc(C(=O)NCc3ccc4c(c3)CNC4)cc2s1. The molecule has 2 N–H and O–H groups in total. The van der Waals surface area contributed by atoms with Crippen LogP contribution in [0.25, 0.3) is 9.53 Å². The van der Waals surface area contributed by atoms with Crippen LogP contribution in [0.15, 0.2) is 24.3 Å². The molecule has 0 unspecified atom stereocenters. The average molecular weight is 387 g/mol. The van der Waals surface area contributed by atoms with Crippen molar-refractivity contribution in [2.45, 2.75) is 33.5 Å². The monoisotopic (exact) mass is 386 g/mol. The van der Waals surface area contributed by atoms with Gasteiger partial charge in [-0.3, -0.25) is 4.79 Å². The second-order valence-electron chi connectivity index (χ2n) is 6.34. The van der Waals surface area contributed by atoms with Crippen LogP contribution in [0.4, 0.5) is 5.13 Å². The zero-order valence-corrected chi connectivity index (χ0v) is 16.6. The van der Waals surface area contributed by atoms with Gasteiger partial charge in [-0.15, -0.1) is 11.3 Å². The van der Waals surface area contributed by atoms with Crippen molar-refractivity contribution in [1.82, 2.24) is 15.6 Å². The third-order valence-corrected chi connectivity index (χ3v) is 6.91. The third kappa shape index (κ3) is 3.34. The Hall–Kier alpha value is -1.96. The number of thiazole rings is 1. The Balaban J connectivity index is 1.43. The van der Waals surface area contributed by atoms with Crippen molar-refractivity contribution in [3.8, 4) is 0 Å². The van der Waals surface area contributed by atoms with E-state index >= 15 is 0 Å². The fraction of sp³-hybridized carbons (Fsp3) is 0.368. The molecule has 0 fully saturated rings. The van der Waals surface area contributed by atoms with Gasteiger partial charge in [0.2, 0.25) is 0 Å². The second kappa shape index (κ2) is 7.34. The molecule has 26 heavy (non-hydrogen) atoms. The van der Waals surface area contributed by atoms with Crippen molar-refractivity contribution < 1.29 is 4.79 Å². The van der Waals surface area contributed by atoms with Crippen LogP contribution < -0.4 is 15.5 Å². The number of nitrogens with one attached hydrogen (secondary N) is 2. The number of benzene rings is 1. The lowest BCUT2D eigenvalue weighted by molar-refractivity contribution is 0.0955. The maximum atomic E-state index is 12.5. The molecule has 3 aromatic rings. The van der Waals surface area contributed by atoms with E-state index in [9.17, 15) is 4.79 Å². The molecule has 0 saturated carbocycles. The number of rotatable bonds is 6. The van der Waals surface area contributed by atoms with Crippen LogP contribution in [-0.4, -0.2) is 24.0 Å². The first-order valence-electron chi connectivity index (χ1n) is 8.92. The summed E-state index contributed by atoms with van der Waals surface area (Å²) in [5, 5.41) is 7.41. The maximum Gasteiger partial charge on any atom is 0.261 e. The molecule has 0 atom stereocenters. The van der Waals surface area contributed by atoms with Gasteiger partial charge in [0.1, 0.15) is 4.83 Å². The average Bonchev–Trinajstić information content (AvgIpc) is 3.34. The van der Waals surface area contributed by atoms with E-state index in [4.69, 9.17) is 4.98 Å². The van der Waals surface area contributed by atoms with Gasteiger partial charge in [-0.1, -0.05) is 29.5 Å². The Bertz CT molecular complexity index is 911. The summed E-state index contributed by atoms with van der Waals surface area (Å²) in [6.45, 7) is 8.56. The fourth-order valence-electron chi connectivity index (χ4n) is 3.19. The summed E-state index contributed by atoms with van der Waals surface area (Å²) < 4.78 is 1.09. The summed E-state index contributed by atoms with van der Waals surface area (Å²) in [5.41, 5.74) is 3.83. The van der Waals surface area contributed by atoms with Crippen molar-refractivity contribution in [3.05, 3.63) is 45.8 Å². The van der Waals surface area contributed by atoms with E-state index in [1.54, 1.807) is 11.3 Å². The van der Waals surface area contributed by atoms with E-state index in [1.165, 1.54) is 22.5 Å². The van der Waals surface area contributed by atoms with E-state index in [-0.39, 0.29) is 5.91 Å². The number of carbonyl (C=O) groups is 1. The predicted octanol–water partition coefficient (Wildman–Crippen LogP) is 3.74. The first-order chi connectivity index (χ1) is 12.7. The summed E-state index contributed by atoms with van der Waals surface area (Å²) in [5.74, 6) is -0.0248. The number of carbonyl (C=O) groups excluding carboxylic acids is 1. The van der Waals surface area contributed by atoms with E-state index in [2.05, 4.69) is 47.6 Å². The number of aromatic nitrogens is 1. The summed E-state index contributed by atoms with van der Waals surface area (Å²) in [6.07, 6.45) is 0. The number of thiophene rings is 1. The molecular formula is C19H22N4OS2. The van der Waals surface area contributed by atoms with Crippen molar-refractivity contribution >= 4 is 43.2 Å². The summed E-state index contributed by atoms with van der Waals surface area (Å²) >= 11 is 3.13. The molecule has 5 nitrogen and oxygen atoms in total. The highest BCUT2D eigenvalue weighted by atomic mass is 32.1. The summed E-state index contributed by atoms with van der Waals surface area (Å²) in [4.78, 5) is 21.1. The number of amides is 1. The fourth-order valence-corrected chi connectivity index (χ4v) is 5.45. The van der Waals surface area contributed by atoms with Gasteiger partial charge >= 0.3 is 0 Å². The number of anilines is 1. The minimum absolute atomic E-state index is 0.0248. The lowest BCUT2D eigenvalue weighted by atomic mass is 10.1. The highest BCUT2D eigenvalue weighted by Gasteiger charge is 2.16. The van der Waals surface area contributed by atoms with Gasteiger partial charge < -0.3 is 15.5 Å². The van der Waals surface area contributed by atoms with Gasteiger partial charge in [0, 0.05) is 32.7 Å². The summed E-state index contributed by atoms with van der Waals surface area (Å²) in [7, 11) is 0. The van der Waals surface area contributed by atoms with Gasteiger partial charge in [-0.05, 0) is 36.6 Å². The van der Waals surface area contributed by atoms with E-state index < -0.39 is 0 Å². The van der Waals surface area contributed by atoms with Crippen molar-refractivity contribution in [2.24, 2.45) is 0 Å². The molecule has 2 aromatic heterocycles. The molecule has 136 valence electrons. The van der Waals surface area contributed by atoms with Crippen molar-refractivity contribution in [1.29, 1.82) is 0 Å². The van der Waals surface area contributed by atoms with Gasteiger partial charge in [0.25, 0.3) is 5.91 Å². The van der Waals surface area contributed by atoms with Gasteiger partial charge in [0.15, 0.2) is 5.13 Å². The van der Waals surface area contributed by atoms with Crippen molar-refractivity contribution in [2.75, 3.05) is 18.0 Å². The predicted molar refractivity (Wildman–Crippen MR) is 109 cm³/mol. The molecule has 3 heterocycles. The zero-order chi connectivity index (χ0) is 18.1. The number of nitrogens with zero attached hydrogens (tertiary/aromatic N) is 2. The summed E-state index contributed by atoms with van der Waals surface area (Å²) in [6, 6.07) is 8.39. The lowest BCUT2D eigenvalue weighted by Gasteiger charge is -2.16. The Kier molecular flexibility index (Phi) is 4.93. The Morgan fingerprint density at radius 1 is 1.19 bits per heavy atom. The van der Waals surface area contributed by atoms with Gasteiger partial charge in [-0.25, -0.2) is 4.98 Å². The molecule has 0 spiro atoms. The lowest BCUT2D eigenvalue weighted by Crippen LogP contribution is -2.22. The molecule has 0 radical (unpaired) electrons. The highest BCUT2D eigenvalue weighted by Crippen LogP contribution is 2.34. The molecular weight excluding hydrogens is 364 g/mol. The quantitative estimate of drug-likeness (QED) is 0.678. The highest BCUT2D eigenvalue weighted by molar-refractivity contribution is 7.29.